The van der Waals surface area contributed by atoms with Crippen LogP contribution in [0, 0.1) is 18.2 Å². The number of benzene rings is 6. The molecule has 3 heterocycles. The van der Waals surface area contributed by atoms with Crippen molar-refractivity contribution in [3.63, 3.8) is 0 Å². The zero-order valence-corrected chi connectivity index (χ0v) is 43.3. The van der Waals surface area contributed by atoms with Crippen LogP contribution in [0.1, 0.15) is 27.7 Å². The molecule has 0 atom stereocenters. The number of allylic oxidation sites excluding steroid dienone is 4. The van der Waals surface area contributed by atoms with Crippen molar-refractivity contribution in [1.29, 1.82) is 0 Å². The number of aromatic nitrogens is 3. The topological polar surface area (TPSA) is 113 Å². The fraction of sp³-hybridized carbons (Fsp3) is 0.0755. The summed E-state index contributed by atoms with van der Waals surface area (Å²) in [5.41, 5.74) is 8.20. The van der Waals surface area contributed by atoms with Crippen LogP contribution < -0.4 is 0 Å². The Kier molecular flexibility index (Phi) is 24.7. The molecule has 0 saturated carbocycles. The zero-order valence-electron chi connectivity index (χ0n) is 35.3. The van der Waals surface area contributed by atoms with Gasteiger partial charge in [-0.1, -0.05) is 72.8 Å². The molecule has 0 spiro atoms. The van der Waals surface area contributed by atoms with Gasteiger partial charge in [0.2, 0.25) is 0 Å². The largest absolute Gasteiger partial charge is 0.512 e. The molecular formula is C53H44Ir3N3O4S-3. The Labute approximate surface area is 419 Å². The van der Waals surface area contributed by atoms with E-state index in [4.69, 9.17) is 10.2 Å². The van der Waals surface area contributed by atoms with Crippen molar-refractivity contribution in [2.75, 3.05) is 0 Å². The van der Waals surface area contributed by atoms with E-state index in [1.165, 1.54) is 55.3 Å². The summed E-state index contributed by atoms with van der Waals surface area (Å²) >= 11 is 1.71. The maximum Gasteiger partial charge on any atom is 0.155 e. The van der Waals surface area contributed by atoms with E-state index in [2.05, 4.69) is 63.5 Å². The fourth-order valence-electron chi connectivity index (χ4n) is 5.64. The minimum atomic E-state index is -0.125. The molecule has 64 heavy (non-hydrogen) atoms. The Morgan fingerprint density at radius 2 is 0.828 bits per heavy atom. The quantitative estimate of drug-likeness (QED) is 0.100. The van der Waals surface area contributed by atoms with E-state index in [-0.39, 0.29) is 83.4 Å². The van der Waals surface area contributed by atoms with Gasteiger partial charge in [-0.15, -0.1) is 108 Å². The molecule has 0 aliphatic carbocycles. The molecule has 2 N–H and O–H groups in total. The molecule has 9 aromatic rings. The van der Waals surface area contributed by atoms with Crippen molar-refractivity contribution in [3.8, 4) is 33.1 Å². The van der Waals surface area contributed by atoms with Gasteiger partial charge in [0, 0.05) is 82.2 Å². The van der Waals surface area contributed by atoms with Gasteiger partial charge in [-0.3, -0.25) is 24.5 Å². The summed E-state index contributed by atoms with van der Waals surface area (Å²) in [6, 6.07) is 66.0. The Bertz CT molecular complexity index is 2690. The van der Waals surface area contributed by atoms with Gasteiger partial charge in [-0.2, -0.15) is 11.3 Å². The molecule has 0 aliphatic rings. The summed E-state index contributed by atoms with van der Waals surface area (Å²) in [7, 11) is 0. The Hall–Kier alpha value is -5.60. The van der Waals surface area contributed by atoms with Crippen LogP contribution >= 0.6 is 11.3 Å². The second-order valence-corrected chi connectivity index (χ2v) is 14.4. The standard InChI is InChI=1S/2C15H10N.C13H8NS.2C5H8O2.3Ir/c2*1-2-6-12(7-3-1)15-11-10-13-8-4-5-9-14(13)16-15;1-2-6-10(7-3-1)13-14-11-8-4-5-9-12(11)15-13;2*1-4(6)3-5(2)7;;;/h2*1-6,8-11H;1-6,8-9H;2*3,6H,1-2H3;;;/q3*-1;;;;;. The number of rotatable bonds is 5. The van der Waals surface area contributed by atoms with Crippen molar-refractivity contribution < 1.29 is 80.1 Å². The Morgan fingerprint density at radius 3 is 1.19 bits per heavy atom. The van der Waals surface area contributed by atoms with E-state index < -0.39 is 0 Å². The molecule has 9 rings (SSSR count). The fourth-order valence-corrected chi connectivity index (χ4v) is 6.59. The predicted molar refractivity (Wildman–Crippen MR) is 250 cm³/mol. The van der Waals surface area contributed by atoms with Gasteiger partial charge in [0.05, 0.1) is 28.1 Å². The van der Waals surface area contributed by atoms with E-state index in [9.17, 15) is 9.59 Å². The first-order valence-corrected chi connectivity index (χ1v) is 20.1. The monoisotopic (exact) mass is 1400 g/mol. The number of fused-ring (bicyclic) bond motifs is 3. The van der Waals surface area contributed by atoms with Crippen LogP contribution in [0.25, 0.3) is 65.1 Å². The number of nitrogens with zero attached hydrogens (tertiary/aromatic N) is 3. The number of carbonyl (C=O) groups excluding carboxylic acids is 2. The maximum atomic E-state index is 10.0. The third kappa shape index (κ3) is 18.2. The van der Waals surface area contributed by atoms with Crippen molar-refractivity contribution in [1.82, 2.24) is 15.0 Å². The van der Waals surface area contributed by atoms with Gasteiger partial charge >= 0.3 is 0 Å². The SMILES string of the molecule is CC(=O)C=C(C)O.CC(=O)C=C(C)O.[Ir].[Ir].[Ir].[c-]1ccccc1-c1ccc2ccccc2n1.[c-]1ccccc1-c1ccc2ccccc2n1.[c-]1ccccc1-c1nc2ccccc2s1. The van der Waals surface area contributed by atoms with Gasteiger partial charge in [-0.25, -0.2) is 0 Å². The third-order valence-electron chi connectivity index (χ3n) is 8.22. The van der Waals surface area contributed by atoms with Crippen LogP contribution in [0.5, 0.6) is 0 Å². The van der Waals surface area contributed by atoms with E-state index in [1.807, 2.05) is 140 Å². The first-order valence-electron chi connectivity index (χ1n) is 19.3. The molecule has 3 aromatic heterocycles. The molecule has 0 unspecified atom stereocenters. The van der Waals surface area contributed by atoms with Gasteiger partial charge in [-0.05, 0) is 74.1 Å². The normalized spacial score (nSPS) is 10.2. The third-order valence-corrected chi connectivity index (χ3v) is 9.29. The number of ketones is 2. The molecule has 7 nitrogen and oxygen atoms in total. The average Bonchev–Trinajstić information content (AvgIpc) is 3.72. The van der Waals surface area contributed by atoms with Crippen LogP contribution in [0.3, 0.4) is 0 Å². The van der Waals surface area contributed by atoms with E-state index in [0.717, 1.165) is 49.6 Å². The first kappa shape index (κ1) is 54.5. The van der Waals surface area contributed by atoms with Crippen molar-refractivity contribution >= 4 is 54.9 Å². The number of hydrogen-bond acceptors (Lipinski definition) is 8. The van der Waals surface area contributed by atoms with Crippen LogP contribution in [-0.2, 0) is 69.9 Å². The zero-order chi connectivity index (χ0) is 43.4. The van der Waals surface area contributed by atoms with Crippen LogP contribution in [0.15, 0.2) is 194 Å². The van der Waals surface area contributed by atoms with E-state index >= 15 is 0 Å². The summed E-state index contributed by atoms with van der Waals surface area (Å²) in [6.07, 6.45) is 2.33. The van der Waals surface area contributed by atoms with Gasteiger partial charge < -0.3 is 10.2 Å². The van der Waals surface area contributed by atoms with Gasteiger partial charge in [0.25, 0.3) is 0 Å². The van der Waals surface area contributed by atoms with Crippen LogP contribution in [-0.4, -0.2) is 36.7 Å². The molecule has 11 heteroatoms. The van der Waals surface area contributed by atoms with Crippen molar-refractivity contribution in [3.05, 3.63) is 212 Å². The smallest absolute Gasteiger partial charge is 0.155 e. The van der Waals surface area contributed by atoms with E-state index in [1.54, 1.807) is 11.3 Å². The number of para-hydroxylation sites is 3. The number of aliphatic hydroxyl groups is 2. The van der Waals surface area contributed by atoms with Crippen LogP contribution in [0.2, 0.25) is 0 Å². The maximum absolute atomic E-state index is 10.0. The average molecular weight is 1400 g/mol. The minimum Gasteiger partial charge on any atom is -0.512 e. The molecule has 0 amide bonds. The molecule has 6 aromatic carbocycles. The van der Waals surface area contributed by atoms with Crippen molar-refractivity contribution in [2.24, 2.45) is 0 Å². The number of thiazole rings is 1. The summed E-state index contributed by atoms with van der Waals surface area (Å²) < 4.78 is 1.23. The number of carbonyl (C=O) groups is 2. The Morgan fingerprint density at radius 1 is 0.453 bits per heavy atom. The summed E-state index contributed by atoms with van der Waals surface area (Å²) in [5, 5.41) is 20.1. The summed E-state index contributed by atoms with van der Waals surface area (Å²) in [6.45, 7) is 5.70. The number of hydrogen-bond donors (Lipinski definition) is 2. The van der Waals surface area contributed by atoms with Crippen molar-refractivity contribution in [2.45, 2.75) is 27.7 Å². The number of aliphatic hydroxyl groups excluding tert-OH is 2. The molecule has 0 bridgehead atoms. The van der Waals surface area contributed by atoms with Gasteiger partial charge in [0.15, 0.2) is 11.6 Å². The van der Waals surface area contributed by atoms with Gasteiger partial charge in [0.1, 0.15) is 0 Å². The summed E-state index contributed by atoms with van der Waals surface area (Å²) in [5.74, 6) is -0.125. The molecule has 331 valence electrons. The molecule has 0 saturated heterocycles. The summed E-state index contributed by atoms with van der Waals surface area (Å²) in [4.78, 5) is 33.8. The molecule has 0 fully saturated rings. The predicted octanol–water partition coefficient (Wildman–Crippen LogP) is 13.2. The second-order valence-electron chi connectivity index (χ2n) is 13.4. The molecular weight excluding hydrogens is 1350 g/mol. The van der Waals surface area contributed by atoms with Crippen LogP contribution in [0.4, 0.5) is 0 Å². The molecule has 3 radical (unpaired) electrons. The first-order chi connectivity index (χ1) is 29.5. The molecule has 0 aliphatic heterocycles. The minimum absolute atomic E-state index is 0. The number of pyridine rings is 2. The van der Waals surface area contributed by atoms with E-state index in [0.29, 0.717) is 0 Å². The second kappa shape index (κ2) is 29.0. The Balaban J connectivity index is 0.000000283.